The summed E-state index contributed by atoms with van der Waals surface area (Å²) in [5, 5.41) is 3.51. The van der Waals surface area contributed by atoms with E-state index in [2.05, 4.69) is 19.2 Å². The molecule has 0 aromatic heterocycles. The van der Waals surface area contributed by atoms with E-state index in [9.17, 15) is 9.59 Å². The largest absolute Gasteiger partial charge is 0.322 e. The standard InChI is InChI=1S/C20H21ClN2O2/c1-13(2)12-23-18-9-8-17(11-15(18)5-10-19(23)24)22-20(25)14-3-6-16(21)7-4-14/h3-4,6-9,11,13H,5,10,12H2,1-2H3,(H,22,25). The lowest BCUT2D eigenvalue weighted by molar-refractivity contribution is -0.119. The molecule has 5 heteroatoms. The first kappa shape index (κ1) is 17.5. The van der Waals surface area contributed by atoms with E-state index in [4.69, 9.17) is 11.6 Å². The van der Waals surface area contributed by atoms with Crippen molar-refractivity contribution in [3.63, 3.8) is 0 Å². The number of halogens is 1. The minimum atomic E-state index is -0.178. The van der Waals surface area contributed by atoms with Crippen LogP contribution in [0.3, 0.4) is 0 Å². The molecule has 4 nitrogen and oxygen atoms in total. The summed E-state index contributed by atoms with van der Waals surface area (Å²) in [4.78, 5) is 26.4. The lowest BCUT2D eigenvalue weighted by Crippen LogP contribution is -2.37. The number of nitrogens with zero attached hydrogens (tertiary/aromatic N) is 1. The Hall–Kier alpha value is -2.33. The van der Waals surface area contributed by atoms with Crippen LogP contribution in [0, 0.1) is 5.92 Å². The Bertz CT molecular complexity index is 800. The SMILES string of the molecule is CC(C)CN1C(=O)CCc2cc(NC(=O)c3ccc(Cl)cc3)ccc21. The Labute approximate surface area is 152 Å². The lowest BCUT2D eigenvalue weighted by Gasteiger charge is -2.31. The molecule has 0 spiro atoms. The highest BCUT2D eigenvalue weighted by Crippen LogP contribution is 2.31. The second kappa shape index (κ2) is 7.28. The molecule has 0 unspecified atom stereocenters. The van der Waals surface area contributed by atoms with E-state index in [0.717, 1.165) is 16.9 Å². The molecule has 1 heterocycles. The summed E-state index contributed by atoms with van der Waals surface area (Å²) in [6.45, 7) is 4.91. The van der Waals surface area contributed by atoms with Crippen LogP contribution in [0.4, 0.5) is 11.4 Å². The number of fused-ring (bicyclic) bond motifs is 1. The summed E-state index contributed by atoms with van der Waals surface area (Å²) in [7, 11) is 0. The average molecular weight is 357 g/mol. The van der Waals surface area contributed by atoms with Crippen molar-refractivity contribution in [1.29, 1.82) is 0 Å². The highest BCUT2D eigenvalue weighted by Gasteiger charge is 2.24. The second-order valence-corrected chi connectivity index (χ2v) is 7.14. The van der Waals surface area contributed by atoms with Gasteiger partial charge in [0.05, 0.1) is 0 Å². The van der Waals surface area contributed by atoms with Crippen molar-refractivity contribution < 1.29 is 9.59 Å². The van der Waals surface area contributed by atoms with Crippen LogP contribution in [0.25, 0.3) is 0 Å². The molecule has 130 valence electrons. The topological polar surface area (TPSA) is 49.4 Å². The normalized spacial score (nSPS) is 13.8. The van der Waals surface area contributed by atoms with Crippen LogP contribution in [-0.2, 0) is 11.2 Å². The molecular weight excluding hydrogens is 336 g/mol. The summed E-state index contributed by atoms with van der Waals surface area (Å²) in [6, 6.07) is 12.5. The number of benzene rings is 2. The second-order valence-electron chi connectivity index (χ2n) is 6.70. The number of carbonyl (C=O) groups is 2. The van der Waals surface area contributed by atoms with Gasteiger partial charge in [0.25, 0.3) is 5.91 Å². The quantitative estimate of drug-likeness (QED) is 0.875. The number of rotatable bonds is 4. The molecule has 0 saturated heterocycles. The van der Waals surface area contributed by atoms with E-state index < -0.39 is 0 Å². The smallest absolute Gasteiger partial charge is 0.255 e. The van der Waals surface area contributed by atoms with Crippen LogP contribution in [0.1, 0.15) is 36.2 Å². The third kappa shape index (κ3) is 4.02. The third-order valence-corrected chi connectivity index (χ3v) is 4.44. The van der Waals surface area contributed by atoms with E-state index in [1.165, 1.54) is 0 Å². The van der Waals surface area contributed by atoms with Crippen molar-refractivity contribution in [2.45, 2.75) is 26.7 Å². The van der Waals surface area contributed by atoms with Gasteiger partial charge in [0, 0.05) is 34.9 Å². The Morgan fingerprint density at radius 1 is 1.16 bits per heavy atom. The number of aryl methyl sites for hydroxylation is 1. The first-order valence-electron chi connectivity index (χ1n) is 8.44. The van der Waals surface area contributed by atoms with Gasteiger partial charge in [-0.1, -0.05) is 25.4 Å². The first-order chi connectivity index (χ1) is 11.9. The average Bonchev–Trinajstić information content (AvgIpc) is 2.57. The zero-order valence-corrected chi connectivity index (χ0v) is 15.1. The fourth-order valence-electron chi connectivity index (χ4n) is 3.01. The number of anilines is 2. The molecule has 3 rings (SSSR count). The third-order valence-electron chi connectivity index (χ3n) is 4.19. The molecule has 0 bridgehead atoms. The number of amides is 2. The monoisotopic (exact) mass is 356 g/mol. The number of hydrogen-bond acceptors (Lipinski definition) is 2. The van der Waals surface area contributed by atoms with Crippen molar-refractivity contribution in [2.75, 3.05) is 16.8 Å². The molecule has 2 aromatic carbocycles. The van der Waals surface area contributed by atoms with Gasteiger partial charge in [-0.25, -0.2) is 0 Å². The van der Waals surface area contributed by atoms with Gasteiger partial charge in [-0.15, -0.1) is 0 Å². The number of nitrogens with one attached hydrogen (secondary N) is 1. The van der Waals surface area contributed by atoms with Crippen molar-refractivity contribution in [2.24, 2.45) is 5.92 Å². The highest BCUT2D eigenvalue weighted by molar-refractivity contribution is 6.30. The molecular formula is C20H21ClN2O2. The molecule has 0 atom stereocenters. The van der Waals surface area contributed by atoms with Gasteiger partial charge in [-0.05, 0) is 60.4 Å². The van der Waals surface area contributed by atoms with Gasteiger partial charge in [-0.3, -0.25) is 9.59 Å². The van der Waals surface area contributed by atoms with Gasteiger partial charge >= 0.3 is 0 Å². The van der Waals surface area contributed by atoms with Gasteiger partial charge in [-0.2, -0.15) is 0 Å². The van der Waals surface area contributed by atoms with E-state index in [0.29, 0.717) is 35.9 Å². The van der Waals surface area contributed by atoms with E-state index in [-0.39, 0.29) is 11.8 Å². The lowest BCUT2D eigenvalue weighted by atomic mass is 9.99. The van der Waals surface area contributed by atoms with Crippen molar-refractivity contribution >= 4 is 34.8 Å². The van der Waals surface area contributed by atoms with Crippen molar-refractivity contribution in [1.82, 2.24) is 0 Å². The molecule has 2 amide bonds. The summed E-state index contributed by atoms with van der Waals surface area (Å²) in [6.07, 6.45) is 1.21. The van der Waals surface area contributed by atoms with Crippen LogP contribution < -0.4 is 10.2 Å². The number of hydrogen-bond donors (Lipinski definition) is 1. The van der Waals surface area contributed by atoms with Crippen LogP contribution in [-0.4, -0.2) is 18.4 Å². The molecule has 1 aliphatic rings. The fourth-order valence-corrected chi connectivity index (χ4v) is 3.13. The van der Waals surface area contributed by atoms with E-state index in [1.54, 1.807) is 24.3 Å². The van der Waals surface area contributed by atoms with E-state index >= 15 is 0 Å². The Balaban J connectivity index is 1.80. The summed E-state index contributed by atoms with van der Waals surface area (Å²) in [5.74, 6) is 0.390. The molecule has 2 aromatic rings. The summed E-state index contributed by atoms with van der Waals surface area (Å²) >= 11 is 5.85. The minimum Gasteiger partial charge on any atom is -0.322 e. The van der Waals surface area contributed by atoms with Crippen LogP contribution in [0.15, 0.2) is 42.5 Å². The maximum Gasteiger partial charge on any atom is 0.255 e. The van der Waals surface area contributed by atoms with Crippen LogP contribution >= 0.6 is 11.6 Å². The number of carbonyl (C=O) groups excluding carboxylic acids is 2. The fraction of sp³-hybridized carbons (Fsp3) is 0.300. The van der Waals surface area contributed by atoms with Crippen LogP contribution in [0.5, 0.6) is 0 Å². The van der Waals surface area contributed by atoms with Crippen LogP contribution in [0.2, 0.25) is 5.02 Å². The van der Waals surface area contributed by atoms with E-state index in [1.807, 2.05) is 23.1 Å². The Morgan fingerprint density at radius 3 is 2.56 bits per heavy atom. The molecule has 25 heavy (non-hydrogen) atoms. The van der Waals surface area contributed by atoms with Crippen molar-refractivity contribution in [3.05, 3.63) is 58.6 Å². The molecule has 1 N–H and O–H groups in total. The van der Waals surface area contributed by atoms with Gasteiger partial charge in [0.15, 0.2) is 0 Å². The molecule has 1 aliphatic heterocycles. The zero-order chi connectivity index (χ0) is 18.0. The molecule has 0 saturated carbocycles. The van der Waals surface area contributed by atoms with Gasteiger partial charge in [0.1, 0.15) is 0 Å². The maximum absolute atomic E-state index is 12.3. The predicted octanol–water partition coefficient (Wildman–Crippen LogP) is 4.53. The zero-order valence-electron chi connectivity index (χ0n) is 14.4. The predicted molar refractivity (Wildman–Crippen MR) is 101 cm³/mol. The summed E-state index contributed by atoms with van der Waals surface area (Å²) < 4.78 is 0. The van der Waals surface area contributed by atoms with Crippen molar-refractivity contribution in [3.8, 4) is 0 Å². The molecule has 0 radical (unpaired) electrons. The highest BCUT2D eigenvalue weighted by atomic mass is 35.5. The molecule has 0 fully saturated rings. The minimum absolute atomic E-state index is 0.166. The van der Waals surface area contributed by atoms with Gasteiger partial charge in [0.2, 0.25) is 5.91 Å². The Morgan fingerprint density at radius 2 is 1.88 bits per heavy atom. The maximum atomic E-state index is 12.3. The van der Waals surface area contributed by atoms with Gasteiger partial charge < -0.3 is 10.2 Å². The summed E-state index contributed by atoms with van der Waals surface area (Å²) in [5.41, 5.74) is 3.33. The Kier molecular flexibility index (Phi) is 5.09. The first-order valence-corrected chi connectivity index (χ1v) is 8.82. The molecule has 0 aliphatic carbocycles.